The topological polar surface area (TPSA) is 81.7 Å². The first-order valence-corrected chi connectivity index (χ1v) is 7.94. The lowest BCUT2D eigenvalue weighted by molar-refractivity contribution is -0.133. The smallest absolute Gasteiger partial charge is 0.318 e. The summed E-state index contributed by atoms with van der Waals surface area (Å²) >= 11 is 0. The highest BCUT2D eigenvalue weighted by atomic mass is 16.2. The quantitative estimate of drug-likeness (QED) is 0.843. The van der Waals surface area contributed by atoms with Gasteiger partial charge in [0.05, 0.1) is 6.54 Å². The summed E-state index contributed by atoms with van der Waals surface area (Å²) in [5, 5.41) is 2.78. The normalized spacial score (nSPS) is 21.8. The predicted molar refractivity (Wildman–Crippen MR) is 85.0 cm³/mol. The second-order valence-electron chi connectivity index (χ2n) is 6.11. The van der Waals surface area contributed by atoms with Gasteiger partial charge in [0.1, 0.15) is 6.04 Å². The third-order valence-corrected chi connectivity index (χ3v) is 4.29. The first-order chi connectivity index (χ1) is 11.1. The fraction of sp³-hybridized carbons (Fsp3) is 0.600. The average Bonchev–Trinajstić information content (AvgIpc) is 2.97. The summed E-state index contributed by atoms with van der Waals surface area (Å²) in [5.74, 6) is 0.690. The third kappa shape index (κ3) is 3.20. The van der Waals surface area contributed by atoms with E-state index in [1.807, 2.05) is 18.7 Å². The molecule has 1 N–H and O–H groups in total. The molecular formula is C15H22N6O2. The fourth-order valence-electron chi connectivity index (χ4n) is 2.94. The maximum atomic E-state index is 12.6. The van der Waals surface area contributed by atoms with Gasteiger partial charge < -0.3 is 20.0 Å². The number of rotatable bonds is 3. The highest BCUT2D eigenvalue weighted by Crippen LogP contribution is 2.14. The van der Waals surface area contributed by atoms with Crippen molar-refractivity contribution in [2.75, 3.05) is 37.6 Å². The molecule has 0 aromatic carbocycles. The van der Waals surface area contributed by atoms with E-state index in [2.05, 4.69) is 20.2 Å². The second kappa shape index (κ2) is 6.39. The molecule has 3 amide bonds. The number of piperazine rings is 1. The summed E-state index contributed by atoms with van der Waals surface area (Å²) in [5.41, 5.74) is 0. The fourth-order valence-corrected chi connectivity index (χ4v) is 2.94. The summed E-state index contributed by atoms with van der Waals surface area (Å²) in [6, 6.07) is 1.28. The molecule has 2 fully saturated rings. The number of aromatic nitrogens is 2. The second-order valence-corrected chi connectivity index (χ2v) is 6.11. The van der Waals surface area contributed by atoms with Gasteiger partial charge in [-0.15, -0.1) is 0 Å². The van der Waals surface area contributed by atoms with Crippen molar-refractivity contribution in [1.82, 2.24) is 25.1 Å². The van der Waals surface area contributed by atoms with Crippen molar-refractivity contribution in [1.29, 1.82) is 0 Å². The average molecular weight is 318 g/mol. The Morgan fingerprint density at radius 1 is 1.22 bits per heavy atom. The minimum atomic E-state index is -0.440. The van der Waals surface area contributed by atoms with E-state index in [-0.39, 0.29) is 18.0 Å². The molecule has 2 saturated heterocycles. The largest absolute Gasteiger partial charge is 0.337 e. The molecule has 0 saturated carbocycles. The van der Waals surface area contributed by atoms with Crippen LogP contribution in [0.1, 0.15) is 13.8 Å². The van der Waals surface area contributed by atoms with E-state index >= 15 is 0 Å². The Bertz CT molecular complexity index is 571. The lowest BCUT2D eigenvalue weighted by atomic mass is 10.2. The zero-order valence-electron chi connectivity index (χ0n) is 13.5. The molecule has 1 aromatic heterocycles. The minimum absolute atomic E-state index is 0.00451. The summed E-state index contributed by atoms with van der Waals surface area (Å²) in [6.45, 7) is 6.97. The molecule has 124 valence electrons. The number of nitrogens with zero attached hydrogens (tertiary/aromatic N) is 5. The molecule has 1 aromatic rings. The molecule has 3 heterocycles. The van der Waals surface area contributed by atoms with Crippen molar-refractivity contribution in [2.24, 2.45) is 0 Å². The molecule has 8 nitrogen and oxygen atoms in total. The maximum absolute atomic E-state index is 12.6. The Kier molecular flexibility index (Phi) is 4.31. The van der Waals surface area contributed by atoms with Crippen molar-refractivity contribution in [2.45, 2.75) is 25.9 Å². The van der Waals surface area contributed by atoms with E-state index in [4.69, 9.17) is 0 Å². The van der Waals surface area contributed by atoms with Gasteiger partial charge in [-0.1, -0.05) is 0 Å². The van der Waals surface area contributed by atoms with Crippen LogP contribution in [-0.2, 0) is 4.79 Å². The maximum Gasteiger partial charge on any atom is 0.318 e. The van der Waals surface area contributed by atoms with Crippen LogP contribution in [0.3, 0.4) is 0 Å². The van der Waals surface area contributed by atoms with Gasteiger partial charge in [0.2, 0.25) is 11.9 Å². The van der Waals surface area contributed by atoms with Crippen molar-refractivity contribution in [3.05, 3.63) is 18.5 Å². The van der Waals surface area contributed by atoms with Gasteiger partial charge in [-0.2, -0.15) is 0 Å². The van der Waals surface area contributed by atoms with E-state index in [1.54, 1.807) is 23.4 Å². The van der Waals surface area contributed by atoms with Crippen LogP contribution in [0.4, 0.5) is 10.7 Å². The van der Waals surface area contributed by atoms with Gasteiger partial charge in [-0.25, -0.2) is 14.8 Å². The highest BCUT2D eigenvalue weighted by Gasteiger charge is 2.37. The first-order valence-electron chi connectivity index (χ1n) is 7.94. The van der Waals surface area contributed by atoms with Gasteiger partial charge in [-0.05, 0) is 19.9 Å². The van der Waals surface area contributed by atoms with E-state index in [0.29, 0.717) is 38.7 Å². The van der Waals surface area contributed by atoms with Gasteiger partial charge in [-0.3, -0.25) is 4.79 Å². The Morgan fingerprint density at radius 2 is 1.87 bits per heavy atom. The number of carbonyl (C=O) groups is 2. The minimum Gasteiger partial charge on any atom is -0.337 e. The number of urea groups is 1. The SMILES string of the molecule is CC(C)N1CC(C(=O)N2CCN(c3ncccn3)CC2)NC1=O. The summed E-state index contributed by atoms with van der Waals surface area (Å²) in [4.78, 5) is 38.5. The number of hydrogen-bond donors (Lipinski definition) is 1. The Balaban J connectivity index is 1.56. The molecule has 2 aliphatic heterocycles. The molecule has 3 rings (SSSR count). The van der Waals surface area contributed by atoms with Crippen LogP contribution in [0.5, 0.6) is 0 Å². The highest BCUT2D eigenvalue weighted by molar-refractivity contribution is 5.90. The molecule has 8 heteroatoms. The van der Waals surface area contributed by atoms with E-state index in [9.17, 15) is 9.59 Å². The zero-order chi connectivity index (χ0) is 16.4. The standard InChI is InChI=1S/C15H22N6O2/c1-11(2)21-10-12(18-15(21)23)13(22)19-6-8-20(9-7-19)14-16-4-3-5-17-14/h3-5,11-12H,6-10H2,1-2H3,(H,18,23). The lowest BCUT2D eigenvalue weighted by Gasteiger charge is -2.35. The van der Waals surface area contributed by atoms with Crippen molar-refractivity contribution >= 4 is 17.9 Å². The van der Waals surface area contributed by atoms with Gasteiger partial charge in [0.25, 0.3) is 0 Å². The number of carbonyl (C=O) groups excluding carboxylic acids is 2. The van der Waals surface area contributed by atoms with E-state index in [1.165, 1.54) is 0 Å². The van der Waals surface area contributed by atoms with Crippen LogP contribution in [0.25, 0.3) is 0 Å². The van der Waals surface area contributed by atoms with Gasteiger partial charge >= 0.3 is 6.03 Å². The Labute approximate surface area is 135 Å². The molecule has 0 radical (unpaired) electrons. The molecule has 0 spiro atoms. The number of anilines is 1. The molecule has 2 aliphatic rings. The predicted octanol–water partition coefficient (Wildman–Crippen LogP) is -0.0726. The van der Waals surface area contributed by atoms with Crippen molar-refractivity contribution in [3.63, 3.8) is 0 Å². The molecule has 0 aliphatic carbocycles. The van der Waals surface area contributed by atoms with E-state index < -0.39 is 6.04 Å². The summed E-state index contributed by atoms with van der Waals surface area (Å²) < 4.78 is 0. The van der Waals surface area contributed by atoms with E-state index in [0.717, 1.165) is 0 Å². The van der Waals surface area contributed by atoms with Crippen LogP contribution in [0, 0.1) is 0 Å². The van der Waals surface area contributed by atoms with Crippen LogP contribution in [0.15, 0.2) is 18.5 Å². The number of amides is 3. The third-order valence-electron chi connectivity index (χ3n) is 4.29. The van der Waals surface area contributed by atoms with Crippen LogP contribution in [-0.4, -0.2) is 76.5 Å². The van der Waals surface area contributed by atoms with Crippen molar-refractivity contribution < 1.29 is 9.59 Å². The van der Waals surface area contributed by atoms with Gasteiger partial charge in [0.15, 0.2) is 0 Å². The lowest BCUT2D eigenvalue weighted by Crippen LogP contribution is -2.54. The van der Waals surface area contributed by atoms with Crippen LogP contribution >= 0.6 is 0 Å². The monoisotopic (exact) mass is 318 g/mol. The molecule has 0 bridgehead atoms. The molecule has 1 unspecified atom stereocenters. The molecule has 23 heavy (non-hydrogen) atoms. The summed E-state index contributed by atoms with van der Waals surface area (Å²) in [6.07, 6.45) is 3.43. The Morgan fingerprint density at radius 3 is 2.43 bits per heavy atom. The molecular weight excluding hydrogens is 296 g/mol. The number of hydrogen-bond acceptors (Lipinski definition) is 5. The Hall–Kier alpha value is -2.38. The first kappa shape index (κ1) is 15.5. The summed E-state index contributed by atoms with van der Waals surface area (Å²) in [7, 11) is 0. The van der Waals surface area contributed by atoms with Crippen LogP contribution < -0.4 is 10.2 Å². The number of nitrogens with one attached hydrogen (secondary N) is 1. The molecule has 1 atom stereocenters. The van der Waals surface area contributed by atoms with Crippen LogP contribution in [0.2, 0.25) is 0 Å². The zero-order valence-corrected chi connectivity index (χ0v) is 13.5. The van der Waals surface area contributed by atoms with Gasteiger partial charge in [0, 0.05) is 44.6 Å². The van der Waals surface area contributed by atoms with Crippen molar-refractivity contribution in [3.8, 4) is 0 Å².